The maximum Gasteiger partial charge on any atom is 0.410 e. The molecule has 5 nitrogen and oxygen atoms in total. The summed E-state index contributed by atoms with van der Waals surface area (Å²) in [7, 11) is 1.80. The van der Waals surface area contributed by atoms with Crippen molar-refractivity contribution in [2.45, 2.75) is 25.5 Å². The summed E-state index contributed by atoms with van der Waals surface area (Å²) in [5.41, 5.74) is 1.00. The van der Waals surface area contributed by atoms with Crippen LogP contribution in [-0.2, 0) is 11.3 Å². The zero-order valence-corrected chi connectivity index (χ0v) is 11.3. The average Bonchev–Trinajstić information content (AvgIpc) is 2.46. The molecule has 1 fully saturated rings. The second kappa shape index (κ2) is 6.54. The van der Waals surface area contributed by atoms with E-state index in [0.29, 0.717) is 6.61 Å². The molecule has 0 aromatic heterocycles. The number of amides is 1. The molecule has 1 aromatic rings. The fraction of sp³-hybridized carbons (Fsp3) is 0.500. The van der Waals surface area contributed by atoms with Crippen LogP contribution in [0.3, 0.4) is 0 Å². The van der Waals surface area contributed by atoms with E-state index in [1.807, 2.05) is 30.3 Å². The third kappa shape index (κ3) is 3.94. The molecule has 1 heterocycles. The van der Waals surface area contributed by atoms with E-state index in [9.17, 15) is 4.79 Å². The number of rotatable bonds is 3. The van der Waals surface area contributed by atoms with E-state index in [-0.39, 0.29) is 12.1 Å². The Hall–Kier alpha value is -1.59. The Morgan fingerprint density at radius 2 is 2.00 bits per heavy atom. The summed E-state index contributed by atoms with van der Waals surface area (Å²) in [4.78, 5) is 13.6. The maximum absolute atomic E-state index is 12.0. The summed E-state index contributed by atoms with van der Waals surface area (Å²) in [5, 5.41) is 1.79. The third-order valence-electron chi connectivity index (χ3n) is 3.54. The molecule has 2 N–H and O–H groups in total. The molecule has 19 heavy (non-hydrogen) atoms. The number of hydrogen-bond donors (Lipinski definition) is 1. The number of benzene rings is 1. The van der Waals surface area contributed by atoms with Crippen molar-refractivity contribution in [3.8, 4) is 0 Å². The Balaban J connectivity index is 1.79. The molecule has 1 aromatic carbocycles. The molecule has 2 rings (SSSR count). The number of carbonyl (C=O) groups is 1. The molecule has 0 bridgehead atoms. The first-order valence-corrected chi connectivity index (χ1v) is 6.60. The van der Waals surface area contributed by atoms with E-state index < -0.39 is 0 Å². The molecule has 0 unspecified atom stereocenters. The molecule has 1 aliphatic heterocycles. The predicted octanol–water partition coefficient (Wildman–Crippen LogP) is 1.59. The van der Waals surface area contributed by atoms with Crippen LogP contribution in [0.1, 0.15) is 18.4 Å². The van der Waals surface area contributed by atoms with E-state index >= 15 is 0 Å². The molecule has 0 atom stereocenters. The van der Waals surface area contributed by atoms with Gasteiger partial charge in [0.1, 0.15) is 6.61 Å². The van der Waals surface area contributed by atoms with Crippen LogP contribution in [0.4, 0.5) is 4.79 Å². The van der Waals surface area contributed by atoms with Crippen molar-refractivity contribution < 1.29 is 9.53 Å². The summed E-state index contributed by atoms with van der Waals surface area (Å²) in [6.45, 7) is 1.96. The van der Waals surface area contributed by atoms with Crippen LogP contribution in [0.2, 0.25) is 0 Å². The van der Waals surface area contributed by atoms with Crippen LogP contribution >= 0.6 is 0 Å². The average molecular weight is 263 g/mol. The highest BCUT2D eigenvalue weighted by molar-refractivity contribution is 5.67. The van der Waals surface area contributed by atoms with Crippen LogP contribution in [0, 0.1) is 0 Å². The fourth-order valence-electron chi connectivity index (χ4n) is 2.24. The lowest BCUT2D eigenvalue weighted by atomic mass is 10.1. The first-order chi connectivity index (χ1) is 9.16. The number of hydrazine groups is 1. The number of piperidine rings is 1. The highest BCUT2D eigenvalue weighted by Gasteiger charge is 2.24. The van der Waals surface area contributed by atoms with Gasteiger partial charge in [-0.15, -0.1) is 0 Å². The van der Waals surface area contributed by atoms with Gasteiger partial charge in [-0.2, -0.15) is 0 Å². The van der Waals surface area contributed by atoms with Gasteiger partial charge >= 0.3 is 6.09 Å². The Kier molecular flexibility index (Phi) is 4.76. The van der Waals surface area contributed by atoms with Crippen molar-refractivity contribution in [1.82, 2.24) is 9.91 Å². The number of carbonyl (C=O) groups excluding carboxylic acids is 1. The molecule has 104 valence electrons. The highest BCUT2D eigenvalue weighted by Crippen LogP contribution is 2.14. The molecule has 0 aliphatic carbocycles. The smallest absolute Gasteiger partial charge is 0.410 e. The van der Waals surface area contributed by atoms with Gasteiger partial charge in [-0.05, 0) is 18.4 Å². The zero-order chi connectivity index (χ0) is 13.7. The Morgan fingerprint density at radius 1 is 1.37 bits per heavy atom. The first kappa shape index (κ1) is 13.8. The molecular formula is C14H21N3O2. The Morgan fingerprint density at radius 3 is 2.63 bits per heavy atom. The van der Waals surface area contributed by atoms with Crippen molar-refractivity contribution in [2.75, 3.05) is 20.1 Å². The molecule has 1 aliphatic rings. The lowest BCUT2D eigenvalue weighted by molar-refractivity contribution is 0.0724. The minimum atomic E-state index is -0.265. The molecular weight excluding hydrogens is 242 g/mol. The number of ether oxygens (including phenoxy) is 1. The van der Waals surface area contributed by atoms with Gasteiger partial charge in [0.25, 0.3) is 0 Å². The Labute approximate surface area is 113 Å². The van der Waals surface area contributed by atoms with Gasteiger partial charge in [-0.1, -0.05) is 30.3 Å². The van der Waals surface area contributed by atoms with Crippen molar-refractivity contribution in [3.05, 3.63) is 35.9 Å². The third-order valence-corrected chi connectivity index (χ3v) is 3.54. The highest BCUT2D eigenvalue weighted by atomic mass is 16.6. The van der Waals surface area contributed by atoms with Crippen molar-refractivity contribution in [3.63, 3.8) is 0 Å². The SMILES string of the molecule is CN(C(=O)OCc1ccccc1)C1CCN(N)CC1. The van der Waals surface area contributed by atoms with Crippen LogP contribution in [0.5, 0.6) is 0 Å². The van der Waals surface area contributed by atoms with E-state index in [4.69, 9.17) is 10.6 Å². The van der Waals surface area contributed by atoms with Gasteiger partial charge in [-0.3, -0.25) is 5.84 Å². The standard InChI is InChI=1S/C14H21N3O2/c1-16(13-7-9-17(15)10-8-13)14(18)19-11-12-5-3-2-4-6-12/h2-6,13H,7-11,15H2,1H3. The van der Waals surface area contributed by atoms with Crippen molar-refractivity contribution in [2.24, 2.45) is 5.84 Å². The summed E-state index contributed by atoms with van der Waals surface area (Å²) in [6, 6.07) is 9.93. The zero-order valence-electron chi connectivity index (χ0n) is 11.3. The lowest BCUT2D eigenvalue weighted by Crippen LogP contribution is -2.47. The summed E-state index contributed by atoms with van der Waals surface area (Å²) in [5.74, 6) is 5.71. The molecule has 1 amide bonds. The van der Waals surface area contributed by atoms with Crippen LogP contribution in [0.25, 0.3) is 0 Å². The quantitative estimate of drug-likeness (QED) is 0.841. The Bertz CT molecular complexity index is 402. The number of nitrogens with zero attached hydrogens (tertiary/aromatic N) is 2. The monoisotopic (exact) mass is 263 g/mol. The van der Waals surface area contributed by atoms with Gasteiger partial charge in [0.2, 0.25) is 0 Å². The van der Waals surface area contributed by atoms with Crippen molar-refractivity contribution >= 4 is 6.09 Å². The lowest BCUT2D eigenvalue weighted by Gasteiger charge is -2.34. The molecule has 0 saturated carbocycles. The molecule has 5 heteroatoms. The topological polar surface area (TPSA) is 58.8 Å². The largest absolute Gasteiger partial charge is 0.445 e. The van der Waals surface area contributed by atoms with Gasteiger partial charge in [0, 0.05) is 26.2 Å². The molecule has 0 spiro atoms. The van der Waals surface area contributed by atoms with Crippen molar-refractivity contribution in [1.29, 1.82) is 0 Å². The molecule has 1 saturated heterocycles. The number of nitrogens with two attached hydrogens (primary N) is 1. The minimum Gasteiger partial charge on any atom is -0.445 e. The summed E-state index contributed by atoms with van der Waals surface area (Å²) in [6.07, 6.45) is 1.53. The second-order valence-corrected chi connectivity index (χ2v) is 4.92. The van der Waals surface area contributed by atoms with Crippen LogP contribution < -0.4 is 5.84 Å². The van der Waals surface area contributed by atoms with E-state index in [1.54, 1.807) is 17.0 Å². The van der Waals surface area contributed by atoms with E-state index in [2.05, 4.69) is 0 Å². The van der Waals surface area contributed by atoms with Crippen LogP contribution in [0.15, 0.2) is 30.3 Å². The predicted molar refractivity (Wildman–Crippen MR) is 73.2 cm³/mol. The van der Waals surface area contributed by atoms with E-state index in [0.717, 1.165) is 31.5 Å². The fourth-order valence-corrected chi connectivity index (χ4v) is 2.24. The normalized spacial score (nSPS) is 17.2. The second-order valence-electron chi connectivity index (χ2n) is 4.92. The summed E-state index contributed by atoms with van der Waals surface area (Å²) >= 11 is 0. The maximum atomic E-state index is 12.0. The minimum absolute atomic E-state index is 0.225. The number of hydrogen-bond acceptors (Lipinski definition) is 4. The van der Waals surface area contributed by atoms with E-state index in [1.165, 1.54) is 0 Å². The van der Waals surface area contributed by atoms with Gasteiger partial charge < -0.3 is 9.64 Å². The van der Waals surface area contributed by atoms with Gasteiger partial charge in [0.15, 0.2) is 0 Å². The first-order valence-electron chi connectivity index (χ1n) is 6.60. The summed E-state index contributed by atoms with van der Waals surface area (Å²) < 4.78 is 5.31. The van der Waals surface area contributed by atoms with Gasteiger partial charge in [-0.25, -0.2) is 9.80 Å². The van der Waals surface area contributed by atoms with Gasteiger partial charge in [0.05, 0.1) is 0 Å². The molecule has 0 radical (unpaired) electrons. The van der Waals surface area contributed by atoms with Crippen LogP contribution in [-0.4, -0.2) is 42.2 Å².